The zero-order chi connectivity index (χ0) is 21.8. The molecule has 3 aromatic rings. The molecule has 1 N–H and O–H groups in total. The van der Waals surface area contributed by atoms with Crippen molar-refractivity contribution in [2.75, 3.05) is 6.54 Å². The van der Waals surface area contributed by atoms with Gasteiger partial charge >= 0.3 is 0 Å². The summed E-state index contributed by atoms with van der Waals surface area (Å²) in [6, 6.07) is 18.5. The van der Waals surface area contributed by atoms with E-state index in [9.17, 15) is 13.2 Å². The first-order valence-corrected chi connectivity index (χ1v) is 11.3. The fourth-order valence-electron chi connectivity index (χ4n) is 3.59. The van der Waals surface area contributed by atoms with Gasteiger partial charge < -0.3 is 4.90 Å². The minimum absolute atomic E-state index is 0.110. The number of amides is 1. The van der Waals surface area contributed by atoms with Crippen molar-refractivity contribution in [2.24, 2.45) is 0 Å². The number of sulfonamides is 1. The van der Waals surface area contributed by atoms with Gasteiger partial charge in [-0.1, -0.05) is 24.3 Å². The lowest BCUT2D eigenvalue weighted by molar-refractivity contribution is -0.129. The zero-order valence-corrected chi connectivity index (χ0v) is 17.4. The minimum Gasteiger partial charge on any atom is -0.337 e. The molecule has 7 nitrogen and oxygen atoms in total. The first-order chi connectivity index (χ1) is 15.0. The monoisotopic (exact) mass is 432 g/mol. The molecule has 0 radical (unpaired) electrons. The molecule has 1 amide bonds. The minimum atomic E-state index is -3.84. The van der Waals surface area contributed by atoms with Gasteiger partial charge in [0.15, 0.2) is 0 Å². The zero-order valence-electron chi connectivity index (χ0n) is 16.6. The number of likely N-dealkylation sites (tertiary alicyclic amines) is 1. The Morgan fingerprint density at radius 1 is 1.06 bits per heavy atom. The van der Waals surface area contributed by atoms with Crippen LogP contribution in [-0.2, 0) is 21.4 Å². The molecule has 156 valence electrons. The van der Waals surface area contributed by atoms with Gasteiger partial charge in [-0.2, -0.15) is 9.98 Å². The summed E-state index contributed by atoms with van der Waals surface area (Å²) in [7, 11) is -3.84. The van der Waals surface area contributed by atoms with Gasteiger partial charge in [0.05, 0.1) is 16.5 Å². The second kappa shape index (κ2) is 8.68. The van der Waals surface area contributed by atoms with E-state index in [1.54, 1.807) is 47.6 Å². The molecule has 0 spiro atoms. The normalized spacial score (nSPS) is 16.3. The predicted octanol–water partition coefficient (Wildman–Crippen LogP) is 2.70. The van der Waals surface area contributed by atoms with Gasteiger partial charge in [-0.25, -0.2) is 8.42 Å². The third-order valence-corrected chi connectivity index (χ3v) is 6.69. The van der Waals surface area contributed by atoms with Gasteiger partial charge in [-0.05, 0) is 59.5 Å². The number of aromatic nitrogens is 1. The molecule has 0 aliphatic carbocycles. The van der Waals surface area contributed by atoms with Crippen molar-refractivity contribution in [3.63, 3.8) is 0 Å². The summed E-state index contributed by atoms with van der Waals surface area (Å²) in [6.45, 7) is 0.789. The maximum absolute atomic E-state index is 12.8. The highest BCUT2D eigenvalue weighted by atomic mass is 32.2. The van der Waals surface area contributed by atoms with Crippen LogP contribution in [0.15, 0.2) is 78.0 Å². The van der Waals surface area contributed by atoms with Crippen LogP contribution < -0.4 is 4.72 Å². The molecule has 1 saturated heterocycles. The maximum Gasteiger partial charge on any atom is 0.241 e. The van der Waals surface area contributed by atoms with E-state index in [1.807, 2.05) is 18.2 Å². The predicted molar refractivity (Wildman–Crippen MR) is 115 cm³/mol. The highest BCUT2D eigenvalue weighted by Gasteiger charge is 2.34. The molecule has 4 rings (SSSR count). The van der Waals surface area contributed by atoms with E-state index in [0.717, 1.165) is 16.7 Å². The lowest BCUT2D eigenvalue weighted by Gasteiger charge is -2.17. The average Bonchev–Trinajstić information content (AvgIpc) is 3.13. The van der Waals surface area contributed by atoms with Crippen molar-refractivity contribution in [1.82, 2.24) is 14.6 Å². The number of hydrogen-bond donors (Lipinski definition) is 1. The van der Waals surface area contributed by atoms with Crippen LogP contribution in [0.1, 0.15) is 17.5 Å². The van der Waals surface area contributed by atoms with E-state index in [0.29, 0.717) is 25.1 Å². The number of carbonyl (C=O) groups excluding carboxylic acids is 1. The molecule has 1 aliphatic heterocycles. The smallest absolute Gasteiger partial charge is 0.241 e. The standard InChI is InChI=1S/C23H20N4O3S/c24-15-17-2-1-3-18(14-17)16-27-13-10-22(23(27)28)26-31(29,30)21-6-4-19(5-7-21)20-8-11-25-12-9-20/h1-9,11-12,14,22,26H,10,13,16H2/t22-/m0/s1. The molecule has 8 heteroatoms. The van der Waals surface area contributed by atoms with Crippen LogP contribution in [0.4, 0.5) is 0 Å². The lowest BCUT2D eigenvalue weighted by Crippen LogP contribution is -2.41. The second-order valence-electron chi connectivity index (χ2n) is 7.29. The van der Waals surface area contributed by atoms with Crippen LogP contribution in [0, 0.1) is 11.3 Å². The van der Waals surface area contributed by atoms with E-state index in [-0.39, 0.29) is 10.8 Å². The molecule has 0 saturated carbocycles. The Bertz CT molecular complexity index is 1240. The van der Waals surface area contributed by atoms with Gasteiger partial charge in [0.2, 0.25) is 15.9 Å². The van der Waals surface area contributed by atoms with Crippen molar-refractivity contribution in [3.05, 3.63) is 84.2 Å². The second-order valence-corrected chi connectivity index (χ2v) is 9.01. The van der Waals surface area contributed by atoms with Crippen LogP contribution in [0.3, 0.4) is 0 Å². The Hall–Kier alpha value is -3.54. The fraction of sp³-hybridized carbons (Fsp3) is 0.174. The Morgan fingerprint density at radius 2 is 1.77 bits per heavy atom. The Kier molecular flexibility index (Phi) is 5.80. The average molecular weight is 433 g/mol. The first kappa shape index (κ1) is 20.7. The Labute approximate surface area is 181 Å². The van der Waals surface area contributed by atoms with E-state index in [2.05, 4.69) is 15.8 Å². The molecule has 2 heterocycles. The number of pyridine rings is 1. The highest BCUT2D eigenvalue weighted by molar-refractivity contribution is 7.89. The molecule has 1 aliphatic rings. The summed E-state index contributed by atoms with van der Waals surface area (Å²) in [5, 5.41) is 9.02. The molecular formula is C23H20N4O3S. The van der Waals surface area contributed by atoms with Gasteiger partial charge in [0.25, 0.3) is 0 Å². The maximum atomic E-state index is 12.8. The van der Waals surface area contributed by atoms with Crippen molar-refractivity contribution in [2.45, 2.75) is 23.9 Å². The Morgan fingerprint density at radius 3 is 2.48 bits per heavy atom. The van der Waals surface area contributed by atoms with Gasteiger partial charge in [0.1, 0.15) is 6.04 Å². The third kappa shape index (κ3) is 4.63. The summed E-state index contributed by atoms with van der Waals surface area (Å²) in [4.78, 5) is 18.4. The summed E-state index contributed by atoms with van der Waals surface area (Å²) in [5.74, 6) is -0.264. The largest absolute Gasteiger partial charge is 0.337 e. The number of nitrogens with one attached hydrogen (secondary N) is 1. The van der Waals surface area contributed by atoms with Crippen LogP contribution >= 0.6 is 0 Å². The van der Waals surface area contributed by atoms with Gasteiger partial charge in [-0.15, -0.1) is 0 Å². The van der Waals surface area contributed by atoms with Crippen LogP contribution in [0.5, 0.6) is 0 Å². The summed E-state index contributed by atoms with van der Waals surface area (Å²) in [6.07, 6.45) is 3.75. The summed E-state index contributed by atoms with van der Waals surface area (Å²) < 4.78 is 28.1. The summed E-state index contributed by atoms with van der Waals surface area (Å²) >= 11 is 0. The van der Waals surface area contributed by atoms with E-state index < -0.39 is 16.1 Å². The topological polar surface area (TPSA) is 103 Å². The molecule has 0 bridgehead atoms. The van der Waals surface area contributed by atoms with Crippen LogP contribution in [0.25, 0.3) is 11.1 Å². The SMILES string of the molecule is N#Cc1cccc(CN2CC[C@H](NS(=O)(=O)c3ccc(-c4ccncc4)cc3)C2=O)c1. The highest BCUT2D eigenvalue weighted by Crippen LogP contribution is 2.22. The third-order valence-electron chi connectivity index (χ3n) is 5.20. The molecule has 1 atom stereocenters. The first-order valence-electron chi connectivity index (χ1n) is 9.77. The number of carbonyl (C=O) groups is 1. The van der Waals surface area contributed by atoms with Crippen molar-refractivity contribution < 1.29 is 13.2 Å². The van der Waals surface area contributed by atoms with Gasteiger partial charge in [-0.3, -0.25) is 9.78 Å². The number of benzene rings is 2. The van der Waals surface area contributed by atoms with E-state index >= 15 is 0 Å². The summed E-state index contributed by atoms with van der Waals surface area (Å²) in [5.41, 5.74) is 3.18. The lowest BCUT2D eigenvalue weighted by atomic mass is 10.1. The molecule has 1 aromatic heterocycles. The number of hydrogen-bond acceptors (Lipinski definition) is 5. The van der Waals surface area contributed by atoms with Crippen LogP contribution in [0.2, 0.25) is 0 Å². The van der Waals surface area contributed by atoms with Crippen molar-refractivity contribution in [3.8, 4) is 17.2 Å². The van der Waals surface area contributed by atoms with E-state index in [4.69, 9.17) is 5.26 Å². The van der Waals surface area contributed by atoms with E-state index in [1.165, 1.54) is 12.1 Å². The molecule has 0 unspecified atom stereocenters. The molecule has 2 aromatic carbocycles. The number of nitriles is 1. The molecule has 31 heavy (non-hydrogen) atoms. The fourth-order valence-corrected chi connectivity index (χ4v) is 4.81. The molecular weight excluding hydrogens is 412 g/mol. The van der Waals surface area contributed by atoms with Crippen molar-refractivity contribution >= 4 is 15.9 Å². The van der Waals surface area contributed by atoms with Crippen LogP contribution in [-0.4, -0.2) is 36.8 Å². The Balaban J connectivity index is 1.43. The quantitative estimate of drug-likeness (QED) is 0.645. The number of rotatable bonds is 6. The van der Waals surface area contributed by atoms with Crippen molar-refractivity contribution in [1.29, 1.82) is 5.26 Å². The molecule has 1 fully saturated rings. The number of nitrogens with zero attached hydrogens (tertiary/aromatic N) is 3. The van der Waals surface area contributed by atoms with Gasteiger partial charge in [0, 0.05) is 25.5 Å².